The van der Waals surface area contributed by atoms with Crippen molar-refractivity contribution in [3.8, 4) is 11.5 Å². The summed E-state index contributed by atoms with van der Waals surface area (Å²) in [6.45, 7) is 3.48. The molecule has 2 aromatic heterocycles. The minimum atomic E-state index is -0.823. The summed E-state index contributed by atoms with van der Waals surface area (Å²) < 4.78 is 15.6. The quantitative estimate of drug-likeness (QED) is 0.684. The minimum absolute atomic E-state index is 0.0465. The predicted octanol–water partition coefficient (Wildman–Crippen LogP) is 3.10. The molecule has 0 unspecified atom stereocenters. The predicted molar refractivity (Wildman–Crippen MR) is 92.1 cm³/mol. The van der Waals surface area contributed by atoms with Crippen LogP contribution in [0.5, 0.6) is 0 Å². The largest absolute Gasteiger partial charge is 0.459 e. The molecule has 7 heteroatoms. The fraction of sp³-hybridized carbons (Fsp3) is 0.211. The van der Waals surface area contributed by atoms with E-state index >= 15 is 0 Å². The van der Waals surface area contributed by atoms with Gasteiger partial charge in [0.2, 0.25) is 5.89 Å². The molecule has 0 aliphatic rings. The van der Waals surface area contributed by atoms with E-state index < -0.39 is 17.9 Å². The molecule has 1 N–H and O–H groups in total. The Bertz CT molecular complexity index is 881. The second-order valence-electron chi connectivity index (χ2n) is 5.79. The molecule has 134 valence electrons. The van der Waals surface area contributed by atoms with E-state index in [1.54, 1.807) is 6.07 Å². The number of hydrogen-bond donors (Lipinski definition) is 1. The Balaban J connectivity index is 1.53. The van der Waals surface area contributed by atoms with Crippen LogP contribution < -0.4 is 5.32 Å². The number of aromatic nitrogens is 1. The van der Waals surface area contributed by atoms with Gasteiger partial charge in [-0.25, -0.2) is 9.78 Å². The molecule has 0 bridgehead atoms. The molecule has 0 aliphatic heterocycles. The summed E-state index contributed by atoms with van der Waals surface area (Å²) in [6.07, 6.45) is 2.82. The average molecular weight is 354 g/mol. The molecule has 0 radical (unpaired) electrons. The van der Waals surface area contributed by atoms with E-state index in [1.807, 2.05) is 31.2 Å². The van der Waals surface area contributed by atoms with Crippen LogP contribution in [-0.2, 0) is 16.1 Å². The number of furan rings is 1. The molecule has 3 aromatic rings. The van der Waals surface area contributed by atoms with Gasteiger partial charge in [-0.1, -0.05) is 17.7 Å². The monoisotopic (exact) mass is 354 g/mol. The van der Waals surface area contributed by atoms with Gasteiger partial charge in [0.15, 0.2) is 5.76 Å². The summed E-state index contributed by atoms with van der Waals surface area (Å²) in [7, 11) is 0. The first kappa shape index (κ1) is 17.5. The van der Waals surface area contributed by atoms with Gasteiger partial charge < -0.3 is 18.9 Å². The maximum atomic E-state index is 12.0. The summed E-state index contributed by atoms with van der Waals surface area (Å²) in [4.78, 5) is 28.1. The smallest absolute Gasteiger partial charge is 0.328 e. The zero-order valence-corrected chi connectivity index (χ0v) is 14.4. The number of nitrogens with one attached hydrogen (secondary N) is 1. The second kappa shape index (κ2) is 7.69. The number of oxazole rings is 1. The van der Waals surface area contributed by atoms with Crippen molar-refractivity contribution < 1.29 is 23.2 Å². The number of nitrogens with zero attached hydrogens (tertiary/aromatic N) is 1. The fourth-order valence-corrected chi connectivity index (χ4v) is 2.21. The van der Waals surface area contributed by atoms with E-state index in [2.05, 4.69) is 10.3 Å². The van der Waals surface area contributed by atoms with Crippen molar-refractivity contribution in [1.82, 2.24) is 10.3 Å². The van der Waals surface area contributed by atoms with Gasteiger partial charge in [-0.15, -0.1) is 0 Å². The maximum Gasteiger partial charge on any atom is 0.328 e. The molecule has 2 heterocycles. The van der Waals surface area contributed by atoms with Crippen LogP contribution in [0.1, 0.15) is 28.7 Å². The number of aryl methyl sites for hydroxylation is 1. The van der Waals surface area contributed by atoms with Gasteiger partial charge in [0.05, 0.1) is 6.26 Å². The molecule has 1 aromatic carbocycles. The number of rotatable bonds is 6. The maximum absolute atomic E-state index is 12.0. The van der Waals surface area contributed by atoms with Crippen LogP contribution in [-0.4, -0.2) is 22.9 Å². The Labute approximate surface area is 150 Å². The molecular weight excluding hydrogens is 336 g/mol. The highest BCUT2D eigenvalue weighted by molar-refractivity contribution is 5.94. The van der Waals surface area contributed by atoms with Crippen LogP contribution in [0.3, 0.4) is 0 Å². The van der Waals surface area contributed by atoms with Crippen LogP contribution in [0, 0.1) is 6.92 Å². The topological polar surface area (TPSA) is 94.6 Å². The number of carbonyl (C=O) groups is 2. The molecule has 0 spiro atoms. The van der Waals surface area contributed by atoms with Crippen molar-refractivity contribution in [2.45, 2.75) is 26.5 Å². The van der Waals surface area contributed by atoms with Gasteiger partial charge in [-0.2, -0.15) is 0 Å². The molecule has 0 aliphatic carbocycles. The summed E-state index contributed by atoms with van der Waals surface area (Å²) in [6, 6.07) is 10.0. The highest BCUT2D eigenvalue weighted by atomic mass is 16.5. The van der Waals surface area contributed by atoms with Gasteiger partial charge in [0.25, 0.3) is 5.91 Å². The lowest BCUT2D eigenvalue weighted by Gasteiger charge is -2.11. The third-order valence-electron chi connectivity index (χ3n) is 3.66. The van der Waals surface area contributed by atoms with Gasteiger partial charge in [0, 0.05) is 5.56 Å². The Morgan fingerprint density at radius 2 is 1.96 bits per heavy atom. The first-order valence-electron chi connectivity index (χ1n) is 8.05. The highest BCUT2D eigenvalue weighted by Gasteiger charge is 2.20. The van der Waals surface area contributed by atoms with Crippen LogP contribution in [0.2, 0.25) is 0 Å². The molecule has 0 fully saturated rings. The lowest BCUT2D eigenvalue weighted by atomic mass is 10.1. The SMILES string of the molecule is Cc1ccc(-c2nc(COC(=O)[C@H](C)NC(=O)c3ccco3)co2)cc1. The molecule has 0 saturated carbocycles. The molecule has 3 rings (SSSR count). The number of ether oxygens (including phenoxy) is 1. The van der Waals surface area contributed by atoms with E-state index in [0.717, 1.165) is 11.1 Å². The number of hydrogen-bond acceptors (Lipinski definition) is 6. The van der Waals surface area contributed by atoms with Crippen LogP contribution >= 0.6 is 0 Å². The third-order valence-corrected chi connectivity index (χ3v) is 3.66. The van der Waals surface area contributed by atoms with Crippen molar-refractivity contribution >= 4 is 11.9 Å². The minimum Gasteiger partial charge on any atom is -0.459 e. The normalized spacial score (nSPS) is 11.8. The van der Waals surface area contributed by atoms with E-state index in [1.165, 1.54) is 25.5 Å². The van der Waals surface area contributed by atoms with Crippen molar-refractivity contribution in [1.29, 1.82) is 0 Å². The van der Waals surface area contributed by atoms with E-state index in [0.29, 0.717) is 11.6 Å². The summed E-state index contributed by atoms with van der Waals surface area (Å²) >= 11 is 0. The molecule has 1 atom stereocenters. The lowest BCUT2D eigenvalue weighted by molar-refractivity contribution is -0.146. The van der Waals surface area contributed by atoms with Crippen molar-refractivity contribution in [2.24, 2.45) is 0 Å². The summed E-state index contributed by atoms with van der Waals surface area (Å²) in [5, 5.41) is 2.50. The van der Waals surface area contributed by atoms with E-state index in [9.17, 15) is 9.59 Å². The van der Waals surface area contributed by atoms with E-state index in [-0.39, 0.29) is 12.4 Å². The Morgan fingerprint density at radius 1 is 1.19 bits per heavy atom. The van der Waals surface area contributed by atoms with Gasteiger partial charge in [-0.3, -0.25) is 4.79 Å². The van der Waals surface area contributed by atoms with Crippen LogP contribution in [0.25, 0.3) is 11.5 Å². The zero-order valence-electron chi connectivity index (χ0n) is 14.4. The van der Waals surface area contributed by atoms with Crippen LogP contribution in [0.4, 0.5) is 0 Å². The average Bonchev–Trinajstić information content (AvgIpc) is 3.32. The standard InChI is InChI=1S/C19H18N2O5/c1-12-5-7-14(8-6-12)18-21-15(10-25-18)11-26-19(23)13(2)20-17(22)16-4-3-9-24-16/h3-10,13H,11H2,1-2H3,(H,20,22)/t13-/m0/s1. The molecule has 1 amide bonds. The first-order chi connectivity index (χ1) is 12.5. The summed E-state index contributed by atoms with van der Waals surface area (Å²) in [5.74, 6) is -0.480. The number of esters is 1. The Morgan fingerprint density at radius 3 is 2.65 bits per heavy atom. The Hall–Kier alpha value is -3.35. The molecule has 7 nitrogen and oxygen atoms in total. The van der Waals surface area contributed by atoms with Crippen molar-refractivity contribution in [2.75, 3.05) is 0 Å². The zero-order chi connectivity index (χ0) is 18.5. The first-order valence-corrected chi connectivity index (χ1v) is 8.05. The van der Waals surface area contributed by atoms with Gasteiger partial charge in [0.1, 0.15) is 24.6 Å². The van der Waals surface area contributed by atoms with Crippen molar-refractivity contribution in [3.63, 3.8) is 0 Å². The molecular formula is C19H18N2O5. The lowest BCUT2D eigenvalue weighted by Crippen LogP contribution is -2.39. The van der Waals surface area contributed by atoms with Crippen molar-refractivity contribution in [3.05, 3.63) is 65.9 Å². The fourth-order valence-electron chi connectivity index (χ4n) is 2.21. The highest BCUT2D eigenvalue weighted by Crippen LogP contribution is 2.19. The summed E-state index contributed by atoms with van der Waals surface area (Å²) in [5.41, 5.74) is 2.46. The van der Waals surface area contributed by atoms with E-state index in [4.69, 9.17) is 13.6 Å². The Kier molecular flexibility index (Phi) is 5.17. The number of benzene rings is 1. The third kappa shape index (κ3) is 4.18. The second-order valence-corrected chi connectivity index (χ2v) is 5.79. The molecule has 0 saturated heterocycles. The molecule has 26 heavy (non-hydrogen) atoms. The number of amides is 1. The van der Waals surface area contributed by atoms with Crippen LogP contribution in [0.15, 0.2) is 57.8 Å². The van der Waals surface area contributed by atoms with Gasteiger partial charge >= 0.3 is 5.97 Å². The van der Waals surface area contributed by atoms with Gasteiger partial charge in [-0.05, 0) is 38.1 Å². The number of carbonyl (C=O) groups excluding carboxylic acids is 2.